The molecule has 0 saturated carbocycles. The Labute approximate surface area is 180 Å². The zero-order chi connectivity index (χ0) is 19.7. The zero-order valence-electron chi connectivity index (χ0n) is 16.5. The second-order valence-electron chi connectivity index (χ2n) is 7.58. The number of halogens is 1. The topological polar surface area (TPSA) is 92.0 Å². The molecule has 0 bridgehead atoms. The second kappa shape index (κ2) is 8.55. The molecular formula is C22H24ClN5O2. The summed E-state index contributed by atoms with van der Waals surface area (Å²) in [4.78, 5) is 9.17. The summed E-state index contributed by atoms with van der Waals surface area (Å²) in [5, 5.41) is 4.24. The third-order valence-corrected chi connectivity index (χ3v) is 5.79. The summed E-state index contributed by atoms with van der Waals surface area (Å²) >= 11 is 0. The maximum Gasteiger partial charge on any atom is 0.234 e. The monoisotopic (exact) mass is 425 g/mol. The van der Waals surface area contributed by atoms with Gasteiger partial charge in [0, 0.05) is 31.9 Å². The number of nitrogens with two attached hydrogens (primary N) is 1. The normalized spacial score (nSPS) is 15.8. The lowest BCUT2D eigenvalue weighted by atomic mass is 9.80. The highest BCUT2D eigenvalue weighted by molar-refractivity contribution is 5.85. The van der Waals surface area contributed by atoms with E-state index in [1.807, 2.05) is 36.7 Å². The van der Waals surface area contributed by atoms with E-state index < -0.39 is 0 Å². The summed E-state index contributed by atoms with van der Waals surface area (Å²) in [6, 6.07) is 16.4. The second-order valence-corrected chi connectivity index (χ2v) is 7.58. The fraction of sp³-hybridized carbons (Fsp3) is 0.318. The highest BCUT2D eigenvalue weighted by Gasteiger charge is 2.38. The number of imidazole rings is 1. The van der Waals surface area contributed by atoms with E-state index in [2.05, 4.69) is 32.9 Å². The number of aromatic nitrogens is 4. The molecule has 156 valence electrons. The molecule has 0 amide bonds. The number of benzene rings is 2. The standard InChI is InChI=1S/C22H23N5O2.ClH/c23-14-22(8-10-28-11-9-22)21-25-20(26-29-21)17-5-3-4-16(12-17)13-27-15-24-18-6-1-2-7-19(18)27;/h1-7,12,15H,8-11,13-14,23H2;1H. The van der Waals surface area contributed by atoms with E-state index in [4.69, 9.17) is 20.0 Å². The van der Waals surface area contributed by atoms with Gasteiger partial charge in [-0.25, -0.2) is 4.98 Å². The van der Waals surface area contributed by atoms with Gasteiger partial charge in [-0.2, -0.15) is 4.98 Å². The molecule has 4 aromatic rings. The summed E-state index contributed by atoms with van der Waals surface area (Å²) in [5.41, 5.74) is 9.98. The lowest BCUT2D eigenvalue weighted by molar-refractivity contribution is 0.0409. The molecule has 1 fully saturated rings. The number of fused-ring (bicyclic) bond motifs is 1. The lowest BCUT2D eigenvalue weighted by Gasteiger charge is -2.32. The summed E-state index contributed by atoms with van der Waals surface area (Å²) in [6.45, 7) is 2.54. The number of nitrogens with zero attached hydrogens (tertiary/aromatic N) is 4. The Hall–Kier alpha value is -2.74. The van der Waals surface area contributed by atoms with Crippen molar-refractivity contribution in [3.8, 4) is 11.4 Å². The number of rotatable bonds is 5. The Kier molecular flexibility index (Phi) is 5.85. The lowest BCUT2D eigenvalue weighted by Crippen LogP contribution is -2.40. The van der Waals surface area contributed by atoms with Crippen molar-refractivity contribution >= 4 is 23.4 Å². The highest BCUT2D eigenvalue weighted by Crippen LogP contribution is 2.34. The van der Waals surface area contributed by atoms with E-state index in [9.17, 15) is 0 Å². The molecule has 1 aliphatic heterocycles. The fourth-order valence-electron chi connectivity index (χ4n) is 3.97. The van der Waals surface area contributed by atoms with Crippen LogP contribution in [-0.4, -0.2) is 39.5 Å². The van der Waals surface area contributed by atoms with Gasteiger partial charge in [-0.3, -0.25) is 0 Å². The van der Waals surface area contributed by atoms with Crippen molar-refractivity contribution in [2.24, 2.45) is 5.73 Å². The van der Waals surface area contributed by atoms with Crippen LogP contribution in [0.2, 0.25) is 0 Å². The van der Waals surface area contributed by atoms with Crippen LogP contribution in [-0.2, 0) is 16.7 Å². The third-order valence-electron chi connectivity index (χ3n) is 5.79. The first-order chi connectivity index (χ1) is 14.3. The smallest absolute Gasteiger partial charge is 0.234 e. The molecule has 0 aliphatic carbocycles. The van der Waals surface area contributed by atoms with Gasteiger partial charge in [0.2, 0.25) is 11.7 Å². The van der Waals surface area contributed by atoms with Crippen molar-refractivity contribution in [1.29, 1.82) is 0 Å². The van der Waals surface area contributed by atoms with Crippen molar-refractivity contribution in [2.45, 2.75) is 24.8 Å². The SMILES string of the molecule is Cl.NCC1(c2nc(-c3cccc(Cn4cnc5ccccc54)c3)no2)CCOCC1. The first-order valence-corrected chi connectivity index (χ1v) is 9.89. The zero-order valence-corrected chi connectivity index (χ0v) is 17.3. The van der Waals surface area contributed by atoms with Crippen molar-refractivity contribution in [3.63, 3.8) is 0 Å². The highest BCUT2D eigenvalue weighted by atomic mass is 35.5. The molecular weight excluding hydrogens is 402 g/mol. The van der Waals surface area contributed by atoms with Gasteiger partial charge in [-0.05, 0) is 36.6 Å². The van der Waals surface area contributed by atoms with E-state index in [-0.39, 0.29) is 17.8 Å². The van der Waals surface area contributed by atoms with Crippen LogP contribution < -0.4 is 5.73 Å². The molecule has 8 heteroatoms. The predicted molar refractivity (Wildman–Crippen MR) is 117 cm³/mol. The van der Waals surface area contributed by atoms with Crippen molar-refractivity contribution < 1.29 is 9.26 Å². The maximum absolute atomic E-state index is 6.07. The van der Waals surface area contributed by atoms with Gasteiger partial charge in [0.05, 0.1) is 22.8 Å². The molecule has 0 spiro atoms. The van der Waals surface area contributed by atoms with Gasteiger partial charge < -0.3 is 19.6 Å². The number of ether oxygens (including phenoxy) is 1. The molecule has 0 unspecified atom stereocenters. The van der Waals surface area contributed by atoms with Crippen molar-refractivity contribution in [2.75, 3.05) is 19.8 Å². The molecule has 1 saturated heterocycles. The molecule has 2 aromatic carbocycles. The van der Waals surface area contributed by atoms with Crippen LogP contribution in [0.25, 0.3) is 22.4 Å². The van der Waals surface area contributed by atoms with E-state index in [0.717, 1.165) is 41.5 Å². The summed E-state index contributed by atoms with van der Waals surface area (Å²) in [7, 11) is 0. The van der Waals surface area contributed by atoms with Crippen LogP contribution in [0.4, 0.5) is 0 Å². The van der Waals surface area contributed by atoms with E-state index in [0.29, 0.717) is 31.5 Å². The molecule has 7 nitrogen and oxygen atoms in total. The van der Waals surface area contributed by atoms with E-state index in [1.165, 1.54) is 0 Å². The number of hydrogen-bond donors (Lipinski definition) is 1. The summed E-state index contributed by atoms with van der Waals surface area (Å²) in [5.74, 6) is 1.21. The molecule has 0 radical (unpaired) electrons. The van der Waals surface area contributed by atoms with Gasteiger partial charge in [-0.15, -0.1) is 12.4 Å². The van der Waals surface area contributed by atoms with Crippen molar-refractivity contribution in [1.82, 2.24) is 19.7 Å². The Morgan fingerprint density at radius 3 is 2.73 bits per heavy atom. The van der Waals surface area contributed by atoms with Gasteiger partial charge in [0.25, 0.3) is 0 Å². The predicted octanol–water partition coefficient (Wildman–Crippen LogP) is 3.56. The van der Waals surface area contributed by atoms with Gasteiger partial charge in [-0.1, -0.05) is 35.5 Å². The number of hydrogen-bond acceptors (Lipinski definition) is 6. The third kappa shape index (κ3) is 3.71. The Bertz CT molecular complexity index is 1130. The van der Waals surface area contributed by atoms with Crippen LogP contribution in [0, 0.1) is 0 Å². The molecule has 5 rings (SSSR count). The Morgan fingerprint density at radius 2 is 1.90 bits per heavy atom. The first kappa shape index (κ1) is 20.5. The largest absolute Gasteiger partial charge is 0.381 e. The molecule has 2 aromatic heterocycles. The Balaban J connectivity index is 0.00000218. The fourth-order valence-corrected chi connectivity index (χ4v) is 3.97. The van der Waals surface area contributed by atoms with Crippen molar-refractivity contribution in [3.05, 3.63) is 66.3 Å². The molecule has 3 heterocycles. The average molecular weight is 426 g/mol. The van der Waals surface area contributed by atoms with Gasteiger partial charge in [0.1, 0.15) is 0 Å². The van der Waals surface area contributed by atoms with Crippen LogP contribution in [0.1, 0.15) is 24.3 Å². The molecule has 1 aliphatic rings. The minimum atomic E-state index is -0.281. The first-order valence-electron chi connectivity index (χ1n) is 9.89. The summed E-state index contributed by atoms with van der Waals surface area (Å²) < 4.78 is 13.3. The van der Waals surface area contributed by atoms with Gasteiger partial charge in [0.15, 0.2) is 0 Å². The Morgan fingerprint density at radius 1 is 1.07 bits per heavy atom. The summed E-state index contributed by atoms with van der Waals surface area (Å²) in [6.07, 6.45) is 3.48. The maximum atomic E-state index is 6.07. The van der Waals surface area contributed by atoms with Crippen LogP contribution in [0.15, 0.2) is 59.4 Å². The minimum absolute atomic E-state index is 0. The molecule has 30 heavy (non-hydrogen) atoms. The number of para-hydroxylation sites is 2. The van der Waals surface area contributed by atoms with E-state index in [1.54, 1.807) is 0 Å². The quantitative estimate of drug-likeness (QED) is 0.525. The van der Waals surface area contributed by atoms with E-state index >= 15 is 0 Å². The van der Waals surface area contributed by atoms with Crippen LogP contribution in [0.3, 0.4) is 0 Å². The average Bonchev–Trinajstić information content (AvgIpc) is 3.43. The molecule has 2 N–H and O–H groups in total. The van der Waals surface area contributed by atoms with Crippen LogP contribution >= 0.6 is 12.4 Å². The molecule has 0 atom stereocenters. The van der Waals surface area contributed by atoms with Crippen LogP contribution in [0.5, 0.6) is 0 Å². The van der Waals surface area contributed by atoms with Gasteiger partial charge >= 0.3 is 0 Å². The minimum Gasteiger partial charge on any atom is -0.381 e.